The molecule has 0 bridgehead atoms. The highest BCUT2D eigenvalue weighted by Gasteiger charge is 2.43. The first-order valence-electron chi connectivity index (χ1n) is 4.32. The Morgan fingerprint density at radius 2 is 1.92 bits per heavy atom. The van der Waals surface area contributed by atoms with Gasteiger partial charge in [-0.15, -0.1) is 0 Å². The van der Waals surface area contributed by atoms with E-state index >= 15 is 0 Å². The van der Waals surface area contributed by atoms with Crippen molar-refractivity contribution in [2.75, 3.05) is 24.6 Å². The molecule has 0 spiro atoms. The predicted molar refractivity (Wildman–Crippen MR) is 48.1 cm³/mol. The molecule has 2 aliphatic rings. The first kappa shape index (κ1) is 8.38. The van der Waals surface area contributed by atoms with E-state index in [1.54, 1.807) is 4.90 Å². The molecule has 68 valence electrons. The summed E-state index contributed by atoms with van der Waals surface area (Å²) in [5.41, 5.74) is -1.01. The first-order valence-corrected chi connectivity index (χ1v) is 5.47. The highest BCUT2D eigenvalue weighted by molar-refractivity contribution is 7.99. The zero-order valence-electron chi connectivity index (χ0n) is 6.95. The van der Waals surface area contributed by atoms with Gasteiger partial charge in [-0.1, -0.05) is 0 Å². The lowest BCUT2D eigenvalue weighted by molar-refractivity contribution is -0.145. The number of amides is 1. The van der Waals surface area contributed by atoms with E-state index in [1.807, 2.05) is 11.8 Å². The fourth-order valence-corrected chi connectivity index (χ4v) is 2.64. The highest BCUT2D eigenvalue weighted by Crippen LogP contribution is 2.30. The second kappa shape index (κ2) is 2.92. The second-order valence-corrected chi connectivity index (χ2v) is 4.66. The maximum Gasteiger partial charge on any atom is 0.254 e. The van der Waals surface area contributed by atoms with E-state index in [0.717, 1.165) is 24.6 Å². The Hall–Kier alpha value is -0.220. The van der Waals surface area contributed by atoms with Crippen LogP contribution in [0.15, 0.2) is 0 Å². The molecule has 2 rings (SSSR count). The van der Waals surface area contributed by atoms with Crippen LogP contribution in [0.3, 0.4) is 0 Å². The van der Waals surface area contributed by atoms with Crippen LogP contribution in [0, 0.1) is 0 Å². The summed E-state index contributed by atoms with van der Waals surface area (Å²) in [5.74, 6) is 1.79. The van der Waals surface area contributed by atoms with Gasteiger partial charge in [0.05, 0.1) is 0 Å². The molecule has 4 heteroatoms. The van der Waals surface area contributed by atoms with Crippen molar-refractivity contribution in [2.24, 2.45) is 0 Å². The van der Waals surface area contributed by atoms with Crippen molar-refractivity contribution in [2.45, 2.75) is 18.4 Å². The molecule has 0 aromatic carbocycles. The third kappa shape index (κ3) is 1.45. The van der Waals surface area contributed by atoms with Gasteiger partial charge in [0.25, 0.3) is 5.91 Å². The van der Waals surface area contributed by atoms with Crippen LogP contribution in [0.5, 0.6) is 0 Å². The summed E-state index contributed by atoms with van der Waals surface area (Å²) in [6, 6.07) is 0. The summed E-state index contributed by atoms with van der Waals surface area (Å²) in [6.07, 6.45) is 1.26. The predicted octanol–water partition coefficient (Wildman–Crippen LogP) is 0.0867. The number of hydrogen-bond acceptors (Lipinski definition) is 3. The van der Waals surface area contributed by atoms with Gasteiger partial charge in [0, 0.05) is 13.1 Å². The summed E-state index contributed by atoms with van der Waals surface area (Å²) in [7, 11) is 0. The average molecular weight is 187 g/mol. The summed E-state index contributed by atoms with van der Waals surface area (Å²) in [4.78, 5) is 13.3. The number of thioether (sulfide) groups is 1. The highest BCUT2D eigenvalue weighted by atomic mass is 32.2. The lowest BCUT2D eigenvalue weighted by atomic mass is 9.96. The number of carbonyl (C=O) groups excluding carboxylic acids is 1. The van der Waals surface area contributed by atoms with Crippen LogP contribution in [0.25, 0.3) is 0 Å². The number of nitrogens with zero attached hydrogens (tertiary/aromatic N) is 1. The minimum atomic E-state index is -1.01. The molecule has 2 heterocycles. The molecule has 0 unspecified atom stereocenters. The van der Waals surface area contributed by atoms with Crippen LogP contribution in [0.2, 0.25) is 0 Å². The SMILES string of the molecule is O=C(N1CC1)C1(O)CCSCC1. The standard InChI is InChI=1S/C8H13NO2S/c10-7(9-3-4-9)8(11)1-5-12-6-2-8/h11H,1-6H2. The van der Waals surface area contributed by atoms with Crippen LogP contribution < -0.4 is 0 Å². The normalized spacial score (nSPS) is 26.9. The van der Waals surface area contributed by atoms with Gasteiger partial charge in [0.15, 0.2) is 0 Å². The monoisotopic (exact) mass is 187 g/mol. The van der Waals surface area contributed by atoms with Crippen LogP contribution in [0.1, 0.15) is 12.8 Å². The molecule has 0 radical (unpaired) electrons. The van der Waals surface area contributed by atoms with E-state index in [-0.39, 0.29) is 5.91 Å². The van der Waals surface area contributed by atoms with Gasteiger partial charge in [-0.05, 0) is 24.3 Å². The summed E-state index contributed by atoms with van der Waals surface area (Å²) in [6.45, 7) is 1.68. The van der Waals surface area contributed by atoms with Crippen molar-refractivity contribution < 1.29 is 9.90 Å². The zero-order chi connectivity index (χ0) is 8.60. The first-order chi connectivity index (χ1) is 5.72. The smallest absolute Gasteiger partial charge is 0.254 e. The maximum absolute atomic E-state index is 11.5. The number of rotatable bonds is 1. The molecule has 0 aliphatic carbocycles. The molecule has 0 saturated carbocycles. The van der Waals surface area contributed by atoms with Crippen LogP contribution in [0.4, 0.5) is 0 Å². The summed E-state index contributed by atoms with van der Waals surface area (Å²) < 4.78 is 0. The van der Waals surface area contributed by atoms with Gasteiger partial charge in [0.2, 0.25) is 0 Å². The van der Waals surface area contributed by atoms with Crippen LogP contribution in [-0.2, 0) is 4.79 Å². The Labute approximate surface area is 76.1 Å². The lowest BCUT2D eigenvalue weighted by Gasteiger charge is -2.30. The van der Waals surface area contributed by atoms with Crippen molar-refractivity contribution in [1.82, 2.24) is 4.90 Å². The Morgan fingerprint density at radius 1 is 1.33 bits per heavy atom. The van der Waals surface area contributed by atoms with Crippen molar-refractivity contribution in [3.8, 4) is 0 Å². The van der Waals surface area contributed by atoms with E-state index < -0.39 is 5.60 Å². The maximum atomic E-state index is 11.5. The van der Waals surface area contributed by atoms with Gasteiger partial charge in [-0.25, -0.2) is 0 Å². The Bertz CT molecular complexity index is 197. The molecule has 12 heavy (non-hydrogen) atoms. The third-order valence-corrected chi connectivity index (χ3v) is 3.44. The van der Waals surface area contributed by atoms with Crippen LogP contribution in [-0.4, -0.2) is 46.1 Å². The Balaban J connectivity index is 2.01. The van der Waals surface area contributed by atoms with E-state index in [0.29, 0.717) is 12.8 Å². The molecule has 1 amide bonds. The Kier molecular flexibility index (Phi) is 2.04. The molecule has 2 aliphatic heterocycles. The largest absolute Gasteiger partial charge is 0.380 e. The fraction of sp³-hybridized carbons (Fsp3) is 0.875. The zero-order valence-corrected chi connectivity index (χ0v) is 7.77. The number of aliphatic hydroxyl groups is 1. The molecule has 0 aromatic rings. The fourth-order valence-electron chi connectivity index (χ4n) is 1.47. The van der Waals surface area contributed by atoms with E-state index in [1.165, 1.54) is 0 Å². The molecular weight excluding hydrogens is 174 g/mol. The molecule has 0 aromatic heterocycles. The van der Waals surface area contributed by atoms with Crippen LogP contribution >= 0.6 is 11.8 Å². The lowest BCUT2D eigenvalue weighted by Crippen LogP contribution is -2.45. The topological polar surface area (TPSA) is 40.3 Å². The van der Waals surface area contributed by atoms with Gasteiger partial charge in [0.1, 0.15) is 5.60 Å². The van der Waals surface area contributed by atoms with Crippen molar-refractivity contribution >= 4 is 17.7 Å². The van der Waals surface area contributed by atoms with Crippen molar-refractivity contribution in [3.63, 3.8) is 0 Å². The minimum Gasteiger partial charge on any atom is -0.380 e. The number of hydrogen-bond donors (Lipinski definition) is 1. The second-order valence-electron chi connectivity index (χ2n) is 3.44. The van der Waals surface area contributed by atoms with Gasteiger partial charge >= 0.3 is 0 Å². The van der Waals surface area contributed by atoms with Gasteiger partial charge in [-0.3, -0.25) is 4.79 Å². The van der Waals surface area contributed by atoms with E-state index in [4.69, 9.17) is 0 Å². The molecule has 1 N–H and O–H groups in total. The van der Waals surface area contributed by atoms with Crippen molar-refractivity contribution in [3.05, 3.63) is 0 Å². The third-order valence-electron chi connectivity index (χ3n) is 2.45. The molecule has 0 atom stereocenters. The quantitative estimate of drug-likeness (QED) is 0.591. The van der Waals surface area contributed by atoms with Gasteiger partial charge in [-0.2, -0.15) is 11.8 Å². The minimum absolute atomic E-state index is 0.0391. The Morgan fingerprint density at radius 3 is 2.42 bits per heavy atom. The molecular formula is C8H13NO2S. The molecule has 2 saturated heterocycles. The average Bonchev–Trinajstić information content (AvgIpc) is 2.87. The number of carbonyl (C=O) groups is 1. The molecule has 3 nitrogen and oxygen atoms in total. The molecule has 2 fully saturated rings. The van der Waals surface area contributed by atoms with E-state index in [9.17, 15) is 9.90 Å². The summed E-state index contributed by atoms with van der Waals surface area (Å²) in [5, 5.41) is 9.95. The summed E-state index contributed by atoms with van der Waals surface area (Å²) >= 11 is 1.82. The van der Waals surface area contributed by atoms with Gasteiger partial charge < -0.3 is 10.0 Å². The van der Waals surface area contributed by atoms with E-state index in [2.05, 4.69) is 0 Å². The van der Waals surface area contributed by atoms with Crippen molar-refractivity contribution in [1.29, 1.82) is 0 Å².